The SMILES string of the molecule is CN(c1ccc(C(N)=O)nc1)[C@H](CN1CC[C@H](O)C1)c1ccccc1. The van der Waals surface area contributed by atoms with Crippen LogP contribution in [0.25, 0.3) is 0 Å². The number of carbonyl (C=O) groups excluding carboxylic acids is 1. The van der Waals surface area contributed by atoms with Gasteiger partial charge in [0, 0.05) is 26.7 Å². The van der Waals surface area contributed by atoms with Gasteiger partial charge in [-0.1, -0.05) is 30.3 Å². The number of aliphatic hydroxyl groups is 1. The topological polar surface area (TPSA) is 82.7 Å². The van der Waals surface area contributed by atoms with Crippen LogP contribution in [0.4, 0.5) is 5.69 Å². The van der Waals surface area contributed by atoms with E-state index in [1.807, 2.05) is 31.3 Å². The predicted molar refractivity (Wildman–Crippen MR) is 97.4 cm³/mol. The van der Waals surface area contributed by atoms with E-state index < -0.39 is 5.91 Å². The number of primary amides is 1. The molecule has 0 saturated carbocycles. The van der Waals surface area contributed by atoms with Crippen molar-refractivity contribution in [2.75, 3.05) is 31.6 Å². The number of carbonyl (C=O) groups is 1. The number of nitrogens with zero attached hydrogens (tertiary/aromatic N) is 3. The number of nitrogens with two attached hydrogens (primary N) is 1. The van der Waals surface area contributed by atoms with Gasteiger partial charge in [-0.25, -0.2) is 4.98 Å². The van der Waals surface area contributed by atoms with E-state index in [4.69, 9.17) is 5.73 Å². The minimum atomic E-state index is -0.528. The zero-order chi connectivity index (χ0) is 17.8. The second-order valence-corrected chi connectivity index (χ2v) is 6.51. The van der Waals surface area contributed by atoms with Crippen molar-refractivity contribution in [1.29, 1.82) is 0 Å². The van der Waals surface area contributed by atoms with Gasteiger partial charge >= 0.3 is 0 Å². The van der Waals surface area contributed by atoms with E-state index in [-0.39, 0.29) is 17.8 Å². The summed E-state index contributed by atoms with van der Waals surface area (Å²) >= 11 is 0. The normalized spacial score (nSPS) is 18.9. The smallest absolute Gasteiger partial charge is 0.267 e. The number of likely N-dealkylation sites (tertiary alicyclic amines) is 1. The van der Waals surface area contributed by atoms with Crippen molar-refractivity contribution >= 4 is 11.6 Å². The maximum atomic E-state index is 11.2. The van der Waals surface area contributed by atoms with Crippen molar-refractivity contribution in [3.05, 3.63) is 59.9 Å². The quantitative estimate of drug-likeness (QED) is 0.831. The first-order valence-electron chi connectivity index (χ1n) is 8.48. The van der Waals surface area contributed by atoms with E-state index in [1.54, 1.807) is 12.3 Å². The van der Waals surface area contributed by atoms with Crippen molar-refractivity contribution in [3.63, 3.8) is 0 Å². The highest BCUT2D eigenvalue weighted by atomic mass is 16.3. The summed E-state index contributed by atoms with van der Waals surface area (Å²) in [6.07, 6.45) is 2.26. The lowest BCUT2D eigenvalue weighted by Crippen LogP contribution is -2.36. The molecule has 132 valence electrons. The van der Waals surface area contributed by atoms with E-state index in [0.29, 0.717) is 6.54 Å². The fourth-order valence-electron chi connectivity index (χ4n) is 3.27. The lowest BCUT2D eigenvalue weighted by atomic mass is 10.0. The lowest BCUT2D eigenvalue weighted by Gasteiger charge is -2.33. The van der Waals surface area contributed by atoms with Gasteiger partial charge in [-0.05, 0) is 24.1 Å². The minimum absolute atomic E-state index is 0.118. The molecule has 6 heteroatoms. The molecule has 0 aliphatic carbocycles. The first-order chi connectivity index (χ1) is 12.0. The predicted octanol–water partition coefficient (Wildman–Crippen LogP) is 1.42. The van der Waals surface area contributed by atoms with Crippen LogP contribution in [-0.2, 0) is 0 Å². The van der Waals surface area contributed by atoms with Gasteiger partial charge in [0.15, 0.2) is 0 Å². The molecule has 1 amide bonds. The van der Waals surface area contributed by atoms with E-state index in [2.05, 4.69) is 26.9 Å². The van der Waals surface area contributed by atoms with Crippen LogP contribution < -0.4 is 10.6 Å². The molecule has 1 aliphatic rings. The van der Waals surface area contributed by atoms with Gasteiger partial charge in [0.2, 0.25) is 0 Å². The van der Waals surface area contributed by atoms with E-state index in [1.165, 1.54) is 5.56 Å². The Kier molecular flexibility index (Phi) is 5.31. The molecule has 0 bridgehead atoms. The van der Waals surface area contributed by atoms with Gasteiger partial charge in [0.1, 0.15) is 5.69 Å². The Morgan fingerprint density at radius 3 is 2.68 bits per heavy atom. The van der Waals surface area contributed by atoms with Crippen LogP contribution in [0.1, 0.15) is 28.5 Å². The molecule has 0 radical (unpaired) electrons. The van der Waals surface area contributed by atoms with Gasteiger partial charge in [0.05, 0.1) is 24.0 Å². The molecule has 3 N–H and O–H groups in total. The number of pyridine rings is 1. The summed E-state index contributed by atoms with van der Waals surface area (Å²) in [5.74, 6) is -0.528. The number of rotatable bonds is 6. The molecule has 2 atom stereocenters. The van der Waals surface area contributed by atoms with E-state index in [0.717, 1.165) is 25.2 Å². The molecule has 2 aromatic rings. The third-order valence-electron chi connectivity index (χ3n) is 4.74. The highest BCUT2D eigenvalue weighted by Crippen LogP contribution is 2.27. The van der Waals surface area contributed by atoms with Crippen molar-refractivity contribution in [2.45, 2.75) is 18.6 Å². The summed E-state index contributed by atoms with van der Waals surface area (Å²) < 4.78 is 0. The molecule has 2 heterocycles. The monoisotopic (exact) mass is 340 g/mol. The first kappa shape index (κ1) is 17.4. The summed E-state index contributed by atoms with van der Waals surface area (Å²) in [6, 6.07) is 13.9. The van der Waals surface area contributed by atoms with Crippen LogP contribution in [0.15, 0.2) is 48.7 Å². The number of amides is 1. The second kappa shape index (κ2) is 7.63. The molecule has 6 nitrogen and oxygen atoms in total. The zero-order valence-corrected chi connectivity index (χ0v) is 14.4. The number of benzene rings is 1. The first-order valence-corrected chi connectivity index (χ1v) is 8.48. The van der Waals surface area contributed by atoms with E-state index >= 15 is 0 Å². The van der Waals surface area contributed by atoms with Gasteiger partial charge in [-0.2, -0.15) is 0 Å². The number of aromatic nitrogens is 1. The van der Waals surface area contributed by atoms with Crippen molar-refractivity contribution in [1.82, 2.24) is 9.88 Å². The maximum absolute atomic E-state index is 11.2. The third kappa shape index (κ3) is 4.15. The molecule has 0 spiro atoms. The summed E-state index contributed by atoms with van der Waals surface area (Å²) in [5.41, 5.74) is 7.64. The second-order valence-electron chi connectivity index (χ2n) is 6.51. The zero-order valence-electron chi connectivity index (χ0n) is 14.4. The van der Waals surface area contributed by atoms with Crippen molar-refractivity contribution < 1.29 is 9.90 Å². The van der Waals surface area contributed by atoms with E-state index in [9.17, 15) is 9.90 Å². The Morgan fingerprint density at radius 1 is 1.36 bits per heavy atom. The van der Waals surface area contributed by atoms with Crippen LogP contribution in [0.5, 0.6) is 0 Å². The Labute approximate surface area is 147 Å². The molecule has 1 aliphatic heterocycles. The number of anilines is 1. The fraction of sp³-hybridized carbons (Fsp3) is 0.368. The number of β-amino-alcohol motifs (C(OH)–C–C–N with tert-alkyl or cyclic N) is 1. The van der Waals surface area contributed by atoms with Crippen LogP contribution in [0, 0.1) is 0 Å². The molecule has 1 aromatic carbocycles. The largest absolute Gasteiger partial charge is 0.392 e. The van der Waals surface area contributed by atoms with Crippen molar-refractivity contribution in [2.24, 2.45) is 5.73 Å². The molecule has 25 heavy (non-hydrogen) atoms. The van der Waals surface area contributed by atoms with Crippen LogP contribution in [0.2, 0.25) is 0 Å². The number of hydrogen-bond donors (Lipinski definition) is 2. The van der Waals surface area contributed by atoms with Crippen LogP contribution >= 0.6 is 0 Å². The van der Waals surface area contributed by atoms with Gasteiger partial charge in [-0.3, -0.25) is 9.69 Å². The lowest BCUT2D eigenvalue weighted by molar-refractivity contribution is 0.0995. The third-order valence-corrected chi connectivity index (χ3v) is 4.74. The molecular formula is C19H24N4O2. The molecule has 1 fully saturated rings. The number of likely N-dealkylation sites (N-methyl/N-ethyl adjacent to an activating group) is 1. The summed E-state index contributed by atoms with van der Waals surface area (Å²) in [7, 11) is 2.02. The van der Waals surface area contributed by atoms with Crippen LogP contribution in [-0.4, -0.2) is 53.7 Å². The van der Waals surface area contributed by atoms with Gasteiger partial charge < -0.3 is 15.7 Å². The number of aliphatic hydroxyl groups excluding tert-OH is 1. The molecular weight excluding hydrogens is 316 g/mol. The highest BCUT2D eigenvalue weighted by Gasteiger charge is 2.26. The van der Waals surface area contributed by atoms with Crippen molar-refractivity contribution in [3.8, 4) is 0 Å². The minimum Gasteiger partial charge on any atom is -0.392 e. The summed E-state index contributed by atoms with van der Waals surface area (Å²) in [4.78, 5) is 19.8. The average Bonchev–Trinajstić information content (AvgIpc) is 3.05. The highest BCUT2D eigenvalue weighted by molar-refractivity contribution is 5.90. The Bertz CT molecular complexity index is 705. The Hall–Kier alpha value is -2.44. The Morgan fingerprint density at radius 2 is 2.12 bits per heavy atom. The molecule has 1 saturated heterocycles. The standard InChI is InChI=1S/C19H24N4O2/c1-22(15-7-8-17(19(20)25)21-11-15)18(14-5-3-2-4-6-14)13-23-10-9-16(24)12-23/h2-8,11,16,18,24H,9-10,12-13H2,1H3,(H2,20,25)/t16-,18+/m0/s1. The number of hydrogen-bond acceptors (Lipinski definition) is 5. The Balaban J connectivity index is 1.83. The molecule has 0 unspecified atom stereocenters. The van der Waals surface area contributed by atoms with Gasteiger partial charge in [0.25, 0.3) is 5.91 Å². The molecule has 3 rings (SSSR count). The van der Waals surface area contributed by atoms with Crippen LogP contribution in [0.3, 0.4) is 0 Å². The van der Waals surface area contributed by atoms with Gasteiger partial charge in [-0.15, -0.1) is 0 Å². The molecule has 1 aromatic heterocycles. The fourth-order valence-corrected chi connectivity index (χ4v) is 3.27. The summed E-state index contributed by atoms with van der Waals surface area (Å²) in [5, 5.41) is 9.81. The average molecular weight is 340 g/mol. The maximum Gasteiger partial charge on any atom is 0.267 e. The summed E-state index contributed by atoms with van der Waals surface area (Å²) in [6.45, 7) is 2.42.